The van der Waals surface area contributed by atoms with Gasteiger partial charge in [-0.25, -0.2) is 0 Å². The number of quaternary nitrogens is 1. The lowest BCUT2D eigenvalue weighted by Crippen LogP contribution is -2.55. The first kappa shape index (κ1) is 54.8. The van der Waals surface area contributed by atoms with Crippen molar-refractivity contribution in [3.05, 3.63) is 72.9 Å². The zero-order chi connectivity index (χ0) is 42.8. The van der Waals surface area contributed by atoms with Crippen LogP contribution in [0.1, 0.15) is 174 Å². The largest absolute Gasteiger partial charge is 0.544 e. The smallest absolute Gasteiger partial charge is 0.306 e. The van der Waals surface area contributed by atoms with Crippen LogP contribution in [0.2, 0.25) is 0 Å². The summed E-state index contributed by atoms with van der Waals surface area (Å²) < 4.78 is 17.1. The second-order valence-electron chi connectivity index (χ2n) is 16.4. The van der Waals surface area contributed by atoms with Gasteiger partial charge in [0.15, 0.2) is 6.10 Å². The summed E-state index contributed by atoms with van der Waals surface area (Å²) in [6.07, 6.45) is 50.6. The molecule has 0 heterocycles. The zero-order valence-electron chi connectivity index (χ0n) is 37.7. The Labute approximate surface area is 355 Å². The number of carboxylic acids is 1. The van der Waals surface area contributed by atoms with Crippen LogP contribution < -0.4 is 5.11 Å². The molecule has 0 aliphatic rings. The molecule has 8 heteroatoms. The number of hydrogen-bond acceptors (Lipinski definition) is 7. The van der Waals surface area contributed by atoms with E-state index in [1.165, 1.54) is 64.2 Å². The number of nitrogens with zero attached hydrogens (tertiary/aromatic N) is 1. The summed E-state index contributed by atoms with van der Waals surface area (Å²) in [5, 5.41) is 11.6. The van der Waals surface area contributed by atoms with Crippen LogP contribution in [0.25, 0.3) is 0 Å². The first-order valence-corrected chi connectivity index (χ1v) is 23.0. The Morgan fingerprint density at radius 3 is 1.41 bits per heavy atom. The van der Waals surface area contributed by atoms with Gasteiger partial charge < -0.3 is 28.6 Å². The average Bonchev–Trinajstić information content (AvgIpc) is 3.18. The first-order chi connectivity index (χ1) is 28.1. The summed E-state index contributed by atoms with van der Waals surface area (Å²) in [6.45, 7) is 4.55. The molecule has 2 atom stereocenters. The lowest BCUT2D eigenvalue weighted by atomic mass is 10.1. The molecule has 332 valence electrons. The monoisotopic (exact) mass is 812 g/mol. The predicted octanol–water partition coefficient (Wildman–Crippen LogP) is 11.4. The Hall–Kier alpha value is -3.23. The lowest BCUT2D eigenvalue weighted by Gasteiger charge is -2.34. The minimum atomic E-state index is -1.14. The standard InChI is InChI=1S/C50H85NO7/c1-6-8-10-12-14-16-18-20-22-24-25-27-29-31-33-35-37-39-41-49(53)58-46(44-56-43-42-47(50(54)55)51(3,4)5)45-57-48(52)40-38-36-34-32-30-28-26-23-21-19-17-15-13-11-9-7-2/h14,16,18,20,22-28,30,46-47H,6-13,15,17,19,21,29,31-45H2,1-5H3/b16-14+,20-18+,24-22+,26-23+,27-25+,30-28+. The van der Waals surface area contributed by atoms with Crippen molar-refractivity contribution in [2.45, 2.75) is 187 Å². The van der Waals surface area contributed by atoms with Gasteiger partial charge in [0.25, 0.3) is 0 Å². The van der Waals surface area contributed by atoms with Crippen molar-refractivity contribution in [3.63, 3.8) is 0 Å². The summed E-state index contributed by atoms with van der Waals surface area (Å²) in [4.78, 5) is 36.9. The van der Waals surface area contributed by atoms with Crippen molar-refractivity contribution in [2.75, 3.05) is 41.0 Å². The van der Waals surface area contributed by atoms with Crippen molar-refractivity contribution in [1.82, 2.24) is 0 Å². The Bertz CT molecular complexity index is 1180. The van der Waals surface area contributed by atoms with E-state index < -0.39 is 18.1 Å². The third-order valence-corrected chi connectivity index (χ3v) is 9.94. The third kappa shape index (κ3) is 38.3. The van der Waals surface area contributed by atoms with Crippen molar-refractivity contribution in [2.24, 2.45) is 0 Å². The summed E-state index contributed by atoms with van der Waals surface area (Å²) in [5.74, 6) is -1.81. The number of unbranched alkanes of at least 4 members (excludes halogenated alkanes) is 18. The van der Waals surface area contributed by atoms with E-state index in [1.807, 2.05) is 6.08 Å². The van der Waals surface area contributed by atoms with Crippen LogP contribution in [0.4, 0.5) is 0 Å². The van der Waals surface area contributed by atoms with E-state index in [0.717, 1.165) is 77.0 Å². The fourth-order valence-corrected chi connectivity index (χ4v) is 6.31. The molecule has 0 rings (SSSR count). The Morgan fingerprint density at radius 1 is 0.517 bits per heavy atom. The minimum Gasteiger partial charge on any atom is -0.544 e. The van der Waals surface area contributed by atoms with Crippen LogP contribution in [0, 0.1) is 0 Å². The molecule has 0 spiro atoms. The van der Waals surface area contributed by atoms with Crippen LogP contribution in [0.15, 0.2) is 72.9 Å². The molecule has 2 unspecified atom stereocenters. The molecule has 0 amide bonds. The molecule has 0 aromatic carbocycles. The van der Waals surface area contributed by atoms with Gasteiger partial charge in [0, 0.05) is 19.3 Å². The zero-order valence-corrected chi connectivity index (χ0v) is 37.7. The molecule has 0 aromatic heterocycles. The fourth-order valence-electron chi connectivity index (χ4n) is 6.31. The molecule has 0 radical (unpaired) electrons. The summed E-state index contributed by atoms with van der Waals surface area (Å²) in [7, 11) is 5.38. The van der Waals surface area contributed by atoms with Gasteiger partial charge in [-0.2, -0.15) is 0 Å². The molecule has 0 N–H and O–H groups in total. The minimum absolute atomic E-state index is 0.0188. The molecule has 0 aromatic rings. The fraction of sp³-hybridized carbons (Fsp3) is 0.700. The molecule has 58 heavy (non-hydrogen) atoms. The van der Waals surface area contributed by atoms with Gasteiger partial charge in [0.05, 0.1) is 40.3 Å². The highest BCUT2D eigenvalue weighted by atomic mass is 16.6. The number of esters is 2. The van der Waals surface area contributed by atoms with E-state index in [2.05, 4.69) is 80.7 Å². The molecule has 8 nitrogen and oxygen atoms in total. The van der Waals surface area contributed by atoms with Crippen molar-refractivity contribution in [3.8, 4) is 0 Å². The van der Waals surface area contributed by atoms with Gasteiger partial charge in [-0.15, -0.1) is 0 Å². The van der Waals surface area contributed by atoms with E-state index >= 15 is 0 Å². The van der Waals surface area contributed by atoms with Crippen molar-refractivity contribution < 1.29 is 38.2 Å². The maximum atomic E-state index is 12.7. The second kappa shape index (κ2) is 40.5. The Kier molecular flexibility index (Phi) is 38.3. The quantitative estimate of drug-likeness (QED) is 0.0263. The van der Waals surface area contributed by atoms with E-state index in [0.29, 0.717) is 6.42 Å². The van der Waals surface area contributed by atoms with Crippen molar-refractivity contribution in [1.29, 1.82) is 0 Å². The molecule has 0 saturated carbocycles. The number of carboxylic acid groups (broad SMARTS) is 1. The maximum Gasteiger partial charge on any atom is 0.306 e. The summed E-state index contributed by atoms with van der Waals surface area (Å²) in [6, 6.07) is -0.738. The molecule has 0 fully saturated rings. The third-order valence-electron chi connectivity index (χ3n) is 9.94. The lowest BCUT2D eigenvalue weighted by molar-refractivity contribution is -0.889. The highest BCUT2D eigenvalue weighted by Gasteiger charge is 2.25. The van der Waals surface area contributed by atoms with Crippen LogP contribution in [-0.2, 0) is 28.6 Å². The molecule has 0 aliphatic heterocycles. The maximum absolute atomic E-state index is 12.7. The normalized spacial score (nSPS) is 13.6. The predicted molar refractivity (Wildman–Crippen MR) is 240 cm³/mol. The van der Waals surface area contributed by atoms with Gasteiger partial charge in [0.1, 0.15) is 12.6 Å². The van der Waals surface area contributed by atoms with Crippen molar-refractivity contribution >= 4 is 17.9 Å². The topological polar surface area (TPSA) is 102 Å². The molecular formula is C50H85NO7. The SMILES string of the molecule is CCCCC/C=C/C=C/C=C/C=C/CCCCCCCC(=O)OC(COCCC(C(=O)[O-])[N+](C)(C)C)COC(=O)CCCCC/C=C/C=C/CCCCCCCCC. The summed E-state index contributed by atoms with van der Waals surface area (Å²) >= 11 is 0. The number of rotatable bonds is 40. The number of aliphatic carboxylic acids is 1. The molecular weight excluding hydrogens is 727 g/mol. The van der Waals surface area contributed by atoms with Crippen LogP contribution in [-0.4, -0.2) is 75.5 Å². The van der Waals surface area contributed by atoms with Crippen LogP contribution in [0.5, 0.6) is 0 Å². The van der Waals surface area contributed by atoms with E-state index in [-0.39, 0.29) is 49.1 Å². The van der Waals surface area contributed by atoms with Gasteiger partial charge in [0.2, 0.25) is 0 Å². The Morgan fingerprint density at radius 2 is 0.914 bits per heavy atom. The highest BCUT2D eigenvalue weighted by molar-refractivity contribution is 5.70. The number of allylic oxidation sites excluding steroid dienone is 12. The van der Waals surface area contributed by atoms with E-state index in [4.69, 9.17) is 14.2 Å². The molecule has 0 aliphatic carbocycles. The van der Waals surface area contributed by atoms with Gasteiger partial charge in [-0.3, -0.25) is 9.59 Å². The van der Waals surface area contributed by atoms with Gasteiger partial charge in [-0.1, -0.05) is 164 Å². The number of likely N-dealkylation sites (N-methyl/N-ethyl adjacent to an activating group) is 1. The van der Waals surface area contributed by atoms with Crippen LogP contribution >= 0.6 is 0 Å². The molecule has 0 bridgehead atoms. The highest BCUT2D eigenvalue weighted by Crippen LogP contribution is 2.13. The van der Waals surface area contributed by atoms with E-state index in [9.17, 15) is 19.5 Å². The first-order valence-electron chi connectivity index (χ1n) is 23.0. The number of carbonyl (C=O) groups is 3. The summed E-state index contributed by atoms with van der Waals surface area (Å²) in [5.41, 5.74) is 0. The molecule has 0 saturated heterocycles. The average molecular weight is 812 g/mol. The van der Waals surface area contributed by atoms with Gasteiger partial charge in [-0.05, 0) is 64.2 Å². The number of carbonyl (C=O) groups excluding carboxylic acids is 3. The number of ether oxygens (including phenoxy) is 3. The van der Waals surface area contributed by atoms with E-state index in [1.54, 1.807) is 21.1 Å². The number of hydrogen-bond donors (Lipinski definition) is 0. The Balaban J connectivity index is 4.45. The second-order valence-corrected chi connectivity index (χ2v) is 16.4. The van der Waals surface area contributed by atoms with Crippen LogP contribution in [0.3, 0.4) is 0 Å². The van der Waals surface area contributed by atoms with Gasteiger partial charge >= 0.3 is 11.9 Å².